The zero-order valence-corrected chi connectivity index (χ0v) is 33.9. The third-order valence-electron chi connectivity index (χ3n) is 7.80. The monoisotopic (exact) mass is 948 g/mol. The van der Waals surface area contributed by atoms with E-state index in [2.05, 4.69) is 9.97 Å². The molecule has 0 saturated heterocycles. The van der Waals surface area contributed by atoms with Gasteiger partial charge in [0.2, 0.25) is 0 Å². The zero-order valence-electron chi connectivity index (χ0n) is 29.2. The number of rotatable bonds is 14. The summed E-state index contributed by atoms with van der Waals surface area (Å²) in [6.45, 7) is 0. The van der Waals surface area contributed by atoms with Crippen LogP contribution in [0.3, 0.4) is 0 Å². The molecule has 0 atom stereocenters. The molecule has 0 radical (unpaired) electrons. The van der Waals surface area contributed by atoms with E-state index in [0.717, 1.165) is 0 Å². The first-order valence-corrected chi connectivity index (χ1v) is 24.5. The standard InChI is InChI=1S/C40H36N2O9Te2/c1-45-29-11-19-33(20-12-29)52(34-21-13-30(46-2)14-22-34,49-39(43)37-9-5-7-27-41-37)51-53(35-23-15-31(47-3)16-24-35,36-25-17-32(48-4)18-26-36)50-40(44)38-10-6-8-28-42-38/h5-28H,1-4H3. The summed E-state index contributed by atoms with van der Waals surface area (Å²) in [5, 5.41) is 0. The summed E-state index contributed by atoms with van der Waals surface area (Å²) in [6.07, 6.45) is 3.03. The summed E-state index contributed by atoms with van der Waals surface area (Å²) in [4.78, 5) is 37.2. The summed E-state index contributed by atoms with van der Waals surface area (Å²) in [5.41, 5.74) is 0.151. The van der Waals surface area contributed by atoms with Crippen LogP contribution in [0.25, 0.3) is 0 Å². The Balaban J connectivity index is 1.69. The molecule has 0 aliphatic rings. The van der Waals surface area contributed by atoms with E-state index in [1.54, 1.807) is 113 Å². The third kappa shape index (κ3) is 8.26. The molecule has 2 aromatic heterocycles. The molecule has 0 unspecified atom stereocenters. The summed E-state index contributed by atoms with van der Waals surface area (Å²) in [5.74, 6) is 0.894. The number of hydrogen-bond acceptors (Lipinski definition) is 11. The van der Waals surface area contributed by atoms with Crippen molar-refractivity contribution in [2.45, 2.75) is 0 Å². The molecule has 4 aromatic carbocycles. The minimum atomic E-state index is -5.19. The Morgan fingerprint density at radius 1 is 0.415 bits per heavy atom. The Morgan fingerprint density at radius 2 is 0.698 bits per heavy atom. The van der Waals surface area contributed by atoms with Gasteiger partial charge in [0, 0.05) is 0 Å². The van der Waals surface area contributed by atoms with Gasteiger partial charge in [0.1, 0.15) is 0 Å². The maximum absolute atomic E-state index is 14.3. The van der Waals surface area contributed by atoms with E-state index < -0.39 is 49.9 Å². The number of benzene rings is 4. The quantitative estimate of drug-likeness (QED) is 0.147. The van der Waals surface area contributed by atoms with Crippen LogP contribution >= 0.6 is 0 Å². The fourth-order valence-corrected chi connectivity index (χ4v) is 29.1. The molecule has 53 heavy (non-hydrogen) atoms. The first-order valence-electron chi connectivity index (χ1n) is 16.1. The molecule has 11 nitrogen and oxygen atoms in total. The summed E-state index contributed by atoms with van der Waals surface area (Å²) >= 11 is -10.4. The second-order valence-electron chi connectivity index (χ2n) is 10.9. The predicted octanol–water partition coefficient (Wildman–Crippen LogP) is 4.05. The van der Waals surface area contributed by atoms with Crippen molar-refractivity contribution in [1.82, 2.24) is 9.97 Å². The van der Waals surface area contributed by atoms with Crippen LogP contribution in [0.15, 0.2) is 146 Å². The number of pyridine rings is 2. The van der Waals surface area contributed by atoms with E-state index in [1.807, 2.05) is 48.5 Å². The van der Waals surface area contributed by atoms with Crippen molar-refractivity contribution < 1.29 is 36.2 Å². The van der Waals surface area contributed by atoms with Crippen LogP contribution in [0.1, 0.15) is 21.0 Å². The van der Waals surface area contributed by atoms with Crippen molar-refractivity contribution in [3.05, 3.63) is 157 Å². The number of hydrogen-bond donors (Lipinski definition) is 0. The molecule has 0 aliphatic carbocycles. The summed E-state index contributed by atoms with van der Waals surface area (Å²) in [6, 6.07) is 38.6. The van der Waals surface area contributed by atoms with E-state index in [-0.39, 0.29) is 11.4 Å². The fourth-order valence-electron chi connectivity index (χ4n) is 5.07. The predicted molar refractivity (Wildman–Crippen MR) is 202 cm³/mol. The first-order chi connectivity index (χ1) is 25.8. The average molecular weight is 944 g/mol. The van der Waals surface area contributed by atoms with E-state index in [9.17, 15) is 9.59 Å². The molecule has 0 fully saturated rings. The van der Waals surface area contributed by atoms with Gasteiger partial charge in [0.05, 0.1) is 0 Å². The van der Waals surface area contributed by atoms with Crippen LogP contribution in [0, 0.1) is 0 Å². The van der Waals surface area contributed by atoms with Gasteiger partial charge in [-0.05, 0) is 0 Å². The van der Waals surface area contributed by atoms with Crippen molar-refractivity contribution >= 4 is 64.4 Å². The van der Waals surface area contributed by atoms with E-state index >= 15 is 0 Å². The van der Waals surface area contributed by atoms with Gasteiger partial charge in [0.25, 0.3) is 0 Å². The normalized spacial score (nSPS) is 11.8. The Bertz CT molecular complexity index is 1870. The van der Waals surface area contributed by atoms with Crippen molar-refractivity contribution in [2.24, 2.45) is 0 Å². The average Bonchev–Trinajstić information content (AvgIpc) is 3.23. The fraction of sp³-hybridized carbons (Fsp3) is 0.100. The molecular weight excluding hydrogens is 908 g/mol. The molecule has 0 aliphatic heterocycles. The number of carbonyl (C=O) groups is 2. The van der Waals surface area contributed by atoms with Gasteiger partial charge in [-0.2, -0.15) is 0 Å². The van der Waals surface area contributed by atoms with E-state index in [4.69, 9.17) is 26.6 Å². The molecule has 0 N–H and O–H groups in total. The molecule has 272 valence electrons. The van der Waals surface area contributed by atoms with Crippen LogP contribution in [0.4, 0.5) is 0 Å². The van der Waals surface area contributed by atoms with Crippen LogP contribution < -0.4 is 33.4 Å². The number of methoxy groups -OCH3 is 4. The third-order valence-corrected chi connectivity index (χ3v) is 28.6. The molecule has 0 amide bonds. The van der Waals surface area contributed by atoms with Crippen molar-refractivity contribution in [1.29, 1.82) is 0 Å². The van der Waals surface area contributed by atoms with Crippen molar-refractivity contribution in [3.63, 3.8) is 0 Å². The number of ether oxygens (including phenoxy) is 4. The molecule has 0 saturated carbocycles. The van der Waals surface area contributed by atoms with Crippen LogP contribution in [-0.4, -0.2) is 88.4 Å². The topological polar surface area (TPSA) is 125 Å². The van der Waals surface area contributed by atoms with Crippen molar-refractivity contribution in [2.75, 3.05) is 28.4 Å². The molecule has 13 heteroatoms. The molecule has 0 bridgehead atoms. The molecule has 6 rings (SSSR count). The van der Waals surface area contributed by atoms with E-state index in [0.29, 0.717) is 37.4 Å². The molecule has 0 spiro atoms. The Hall–Kier alpha value is -5.14. The Kier molecular flexibility index (Phi) is 12.2. The van der Waals surface area contributed by atoms with Gasteiger partial charge in [-0.1, -0.05) is 0 Å². The Labute approximate surface area is 317 Å². The first kappa shape index (κ1) is 37.6. The maximum atomic E-state index is 14.3. The Morgan fingerprint density at radius 3 is 0.925 bits per heavy atom. The summed E-state index contributed by atoms with van der Waals surface area (Å²) < 4.78 is 45.7. The molecule has 6 aromatic rings. The van der Waals surface area contributed by atoms with Gasteiger partial charge in [-0.25, -0.2) is 0 Å². The zero-order chi connectivity index (χ0) is 37.3. The van der Waals surface area contributed by atoms with Crippen LogP contribution in [-0.2, 0) is 7.67 Å². The van der Waals surface area contributed by atoms with Gasteiger partial charge in [-0.15, -0.1) is 0 Å². The molecule has 2 heterocycles. The van der Waals surface area contributed by atoms with Crippen molar-refractivity contribution in [3.8, 4) is 23.0 Å². The van der Waals surface area contributed by atoms with Crippen LogP contribution in [0.5, 0.6) is 23.0 Å². The van der Waals surface area contributed by atoms with E-state index in [1.165, 1.54) is 12.4 Å². The number of aromatic nitrogens is 2. The second-order valence-corrected chi connectivity index (χ2v) is 26.0. The number of carbonyl (C=O) groups excluding carboxylic acids is 2. The summed E-state index contributed by atoms with van der Waals surface area (Å²) in [7, 11) is 6.26. The van der Waals surface area contributed by atoms with Gasteiger partial charge in [-0.3, -0.25) is 0 Å². The SMILES string of the molecule is COc1ccc([Te](OC(=O)c2ccccn2)(O[Te](OC(=O)c2ccccn2)(c2ccc(OC)cc2)c2ccc(OC)cc2)c2ccc(OC)cc2)cc1. The van der Waals surface area contributed by atoms with Crippen LogP contribution in [0.2, 0.25) is 0 Å². The number of nitrogens with zero attached hydrogens (tertiary/aromatic N) is 2. The van der Waals surface area contributed by atoms with Gasteiger partial charge in [0.15, 0.2) is 0 Å². The van der Waals surface area contributed by atoms with Gasteiger partial charge < -0.3 is 0 Å². The second kappa shape index (κ2) is 17.1. The van der Waals surface area contributed by atoms with Gasteiger partial charge >= 0.3 is 319 Å². The molecular formula is C40H36N2O9Te2. The minimum absolute atomic E-state index is 0.0755.